The van der Waals surface area contributed by atoms with E-state index >= 15 is 0 Å². The van der Waals surface area contributed by atoms with Crippen LogP contribution in [0.3, 0.4) is 0 Å². The van der Waals surface area contributed by atoms with Gasteiger partial charge >= 0.3 is 0 Å². The molecular weight excluding hydrogens is 170 g/mol. The van der Waals surface area contributed by atoms with Crippen LogP contribution in [0.15, 0.2) is 4.63 Å². The molecule has 1 aromatic heterocycles. The van der Waals surface area contributed by atoms with Crippen molar-refractivity contribution in [3.05, 3.63) is 11.4 Å². The van der Waals surface area contributed by atoms with Gasteiger partial charge in [0.05, 0.1) is 0 Å². The summed E-state index contributed by atoms with van der Waals surface area (Å²) in [6.07, 6.45) is 0.740. The highest BCUT2D eigenvalue weighted by Crippen LogP contribution is 2.00. The van der Waals surface area contributed by atoms with Gasteiger partial charge in [0.15, 0.2) is 0 Å². The Balaban J connectivity index is 2.30. The summed E-state index contributed by atoms with van der Waals surface area (Å²) < 4.78 is 4.55. The fourth-order valence-electron chi connectivity index (χ4n) is 0.976. The predicted molar refractivity (Wildman–Crippen MR) is 47.0 cm³/mol. The lowest BCUT2D eigenvalue weighted by molar-refractivity contribution is 0.267. The van der Waals surface area contributed by atoms with Crippen LogP contribution in [-0.2, 0) is 6.54 Å². The van der Waals surface area contributed by atoms with Crippen LogP contribution < -0.4 is 5.32 Å². The van der Waals surface area contributed by atoms with Gasteiger partial charge in [-0.25, -0.2) is 4.63 Å². The summed E-state index contributed by atoms with van der Waals surface area (Å²) in [5.41, 5.74) is 1.63. The minimum absolute atomic E-state index is 0.199. The van der Waals surface area contributed by atoms with E-state index in [9.17, 15) is 0 Å². The van der Waals surface area contributed by atoms with Crippen LogP contribution in [0.4, 0.5) is 0 Å². The molecule has 1 unspecified atom stereocenters. The van der Waals surface area contributed by atoms with E-state index in [1.807, 2.05) is 13.8 Å². The Kier molecular flexibility index (Phi) is 3.85. The summed E-state index contributed by atoms with van der Waals surface area (Å²) in [5.74, 6) is 0. The highest BCUT2D eigenvalue weighted by atomic mass is 16.6. The first-order valence-corrected chi connectivity index (χ1v) is 4.36. The van der Waals surface area contributed by atoms with Crippen molar-refractivity contribution in [2.24, 2.45) is 0 Å². The van der Waals surface area contributed by atoms with E-state index in [-0.39, 0.29) is 12.6 Å². The zero-order valence-electron chi connectivity index (χ0n) is 7.95. The highest BCUT2D eigenvalue weighted by molar-refractivity contribution is 5.03. The summed E-state index contributed by atoms with van der Waals surface area (Å²) in [7, 11) is 0. The van der Waals surface area contributed by atoms with E-state index in [1.54, 1.807) is 0 Å². The van der Waals surface area contributed by atoms with Gasteiger partial charge in [0.1, 0.15) is 11.4 Å². The van der Waals surface area contributed by atoms with Gasteiger partial charge in [-0.3, -0.25) is 0 Å². The number of aliphatic hydroxyl groups excluding tert-OH is 1. The number of aliphatic hydroxyl groups is 1. The van der Waals surface area contributed by atoms with Crippen LogP contribution in [0.5, 0.6) is 0 Å². The SMILES string of the molecule is Cc1nonc1CNC(C)CCO. The third-order valence-corrected chi connectivity index (χ3v) is 1.93. The van der Waals surface area contributed by atoms with E-state index < -0.39 is 0 Å². The lowest BCUT2D eigenvalue weighted by atomic mass is 10.2. The minimum Gasteiger partial charge on any atom is -0.396 e. The molecule has 5 heteroatoms. The van der Waals surface area contributed by atoms with Gasteiger partial charge in [0.25, 0.3) is 0 Å². The summed E-state index contributed by atoms with van der Waals surface area (Å²) in [4.78, 5) is 0. The van der Waals surface area contributed by atoms with Gasteiger partial charge in [-0.1, -0.05) is 10.3 Å². The van der Waals surface area contributed by atoms with E-state index in [0.717, 1.165) is 17.8 Å². The van der Waals surface area contributed by atoms with E-state index in [2.05, 4.69) is 20.3 Å². The Morgan fingerprint density at radius 2 is 2.31 bits per heavy atom. The Hall–Kier alpha value is -0.940. The molecule has 0 amide bonds. The lowest BCUT2D eigenvalue weighted by Crippen LogP contribution is -2.26. The molecule has 2 N–H and O–H groups in total. The van der Waals surface area contributed by atoms with Crippen molar-refractivity contribution in [1.29, 1.82) is 0 Å². The maximum atomic E-state index is 8.66. The zero-order chi connectivity index (χ0) is 9.68. The molecule has 1 aromatic rings. The van der Waals surface area contributed by atoms with Crippen molar-refractivity contribution in [2.45, 2.75) is 32.9 Å². The van der Waals surface area contributed by atoms with Crippen molar-refractivity contribution in [1.82, 2.24) is 15.6 Å². The molecule has 74 valence electrons. The topological polar surface area (TPSA) is 71.2 Å². The van der Waals surface area contributed by atoms with Crippen LogP contribution in [0.1, 0.15) is 24.7 Å². The largest absolute Gasteiger partial charge is 0.396 e. The number of aromatic nitrogens is 2. The summed E-state index contributed by atoms with van der Waals surface area (Å²) in [5, 5.41) is 19.3. The number of nitrogens with zero attached hydrogens (tertiary/aromatic N) is 2. The molecule has 0 fully saturated rings. The molecule has 1 rings (SSSR count). The molecule has 5 nitrogen and oxygen atoms in total. The zero-order valence-corrected chi connectivity index (χ0v) is 7.95. The molecule has 0 aliphatic carbocycles. The summed E-state index contributed by atoms with van der Waals surface area (Å²) in [6, 6.07) is 0.279. The molecule has 0 saturated carbocycles. The number of hydrogen-bond acceptors (Lipinski definition) is 5. The van der Waals surface area contributed by atoms with Crippen molar-refractivity contribution in [3.63, 3.8) is 0 Å². The number of aryl methyl sites for hydroxylation is 1. The summed E-state index contributed by atoms with van der Waals surface area (Å²) >= 11 is 0. The molecule has 0 bridgehead atoms. The molecule has 13 heavy (non-hydrogen) atoms. The second-order valence-electron chi connectivity index (χ2n) is 3.09. The summed E-state index contributed by atoms with van der Waals surface area (Å²) in [6.45, 7) is 4.70. The fourth-order valence-corrected chi connectivity index (χ4v) is 0.976. The van der Waals surface area contributed by atoms with Crippen molar-refractivity contribution >= 4 is 0 Å². The van der Waals surface area contributed by atoms with Gasteiger partial charge < -0.3 is 10.4 Å². The van der Waals surface area contributed by atoms with Crippen molar-refractivity contribution in [2.75, 3.05) is 6.61 Å². The van der Waals surface area contributed by atoms with Crippen molar-refractivity contribution in [3.8, 4) is 0 Å². The average Bonchev–Trinajstić information content (AvgIpc) is 2.48. The van der Waals surface area contributed by atoms with E-state index in [4.69, 9.17) is 5.11 Å². The van der Waals surface area contributed by atoms with Crippen LogP contribution >= 0.6 is 0 Å². The van der Waals surface area contributed by atoms with Gasteiger partial charge in [-0.15, -0.1) is 0 Å². The van der Waals surface area contributed by atoms with E-state index in [0.29, 0.717) is 6.54 Å². The first-order valence-electron chi connectivity index (χ1n) is 4.36. The van der Waals surface area contributed by atoms with Gasteiger partial charge in [0.2, 0.25) is 0 Å². The van der Waals surface area contributed by atoms with Crippen molar-refractivity contribution < 1.29 is 9.74 Å². The third kappa shape index (κ3) is 3.12. The Morgan fingerprint density at radius 3 is 2.85 bits per heavy atom. The second kappa shape index (κ2) is 4.94. The number of nitrogens with one attached hydrogen (secondary N) is 1. The monoisotopic (exact) mass is 185 g/mol. The molecule has 0 spiro atoms. The first-order chi connectivity index (χ1) is 6.24. The second-order valence-corrected chi connectivity index (χ2v) is 3.09. The minimum atomic E-state index is 0.199. The third-order valence-electron chi connectivity index (χ3n) is 1.93. The van der Waals surface area contributed by atoms with Crippen LogP contribution in [0.2, 0.25) is 0 Å². The van der Waals surface area contributed by atoms with Gasteiger partial charge in [-0.2, -0.15) is 0 Å². The van der Waals surface area contributed by atoms with Crippen LogP contribution in [0.25, 0.3) is 0 Å². The quantitative estimate of drug-likeness (QED) is 0.687. The molecule has 0 saturated heterocycles. The maximum absolute atomic E-state index is 8.66. The standard InChI is InChI=1S/C8H15N3O2/c1-6(3-4-12)9-5-8-7(2)10-13-11-8/h6,9,12H,3-5H2,1-2H3. The lowest BCUT2D eigenvalue weighted by Gasteiger charge is -2.10. The van der Waals surface area contributed by atoms with E-state index in [1.165, 1.54) is 0 Å². The number of rotatable bonds is 5. The molecular formula is C8H15N3O2. The molecule has 0 aromatic carbocycles. The Morgan fingerprint density at radius 1 is 1.54 bits per heavy atom. The molecule has 1 atom stereocenters. The maximum Gasteiger partial charge on any atom is 0.121 e. The average molecular weight is 185 g/mol. The first kappa shape index (κ1) is 10.1. The van der Waals surface area contributed by atoms with Gasteiger partial charge in [-0.05, 0) is 20.3 Å². The molecule has 0 aliphatic heterocycles. The van der Waals surface area contributed by atoms with Gasteiger partial charge in [0, 0.05) is 19.2 Å². The molecule has 0 aliphatic rings. The normalized spacial score (nSPS) is 13.2. The predicted octanol–water partition coefficient (Wildman–Crippen LogP) is 0.239. The van der Waals surface area contributed by atoms with Crippen LogP contribution in [-0.4, -0.2) is 28.1 Å². The molecule has 0 radical (unpaired) electrons. The highest BCUT2D eigenvalue weighted by Gasteiger charge is 2.06. The fraction of sp³-hybridized carbons (Fsp3) is 0.750. The molecule has 1 heterocycles. The number of hydrogen-bond donors (Lipinski definition) is 2. The van der Waals surface area contributed by atoms with Crippen LogP contribution in [0, 0.1) is 6.92 Å². The Bertz CT molecular complexity index is 249. The smallest absolute Gasteiger partial charge is 0.121 e. The Labute approximate surface area is 77.1 Å².